The predicted octanol–water partition coefficient (Wildman–Crippen LogP) is 4.85. The monoisotopic (exact) mass is 364 g/mol. The molecule has 0 saturated carbocycles. The van der Waals surface area contributed by atoms with Crippen molar-refractivity contribution in [3.8, 4) is 11.5 Å². The second-order valence-electron chi connectivity index (χ2n) is 3.69. The Labute approximate surface area is 127 Å². The van der Waals surface area contributed by atoms with E-state index in [4.69, 9.17) is 39.4 Å². The van der Waals surface area contributed by atoms with Crippen LogP contribution in [-0.4, -0.2) is 0 Å². The van der Waals surface area contributed by atoms with E-state index in [1.165, 1.54) is 6.07 Å². The highest BCUT2D eigenvalue weighted by Crippen LogP contribution is 2.40. The Hall–Kier alpha value is -1.17. The number of halogens is 4. The first kappa shape index (κ1) is 14.2. The van der Waals surface area contributed by atoms with E-state index in [0.29, 0.717) is 5.02 Å². The first-order valence-electron chi connectivity index (χ1n) is 5.06. The van der Waals surface area contributed by atoms with E-state index >= 15 is 0 Å². The Kier molecular flexibility index (Phi) is 4.08. The van der Waals surface area contributed by atoms with Crippen LogP contribution in [0.2, 0.25) is 10.0 Å². The topological polar surface area (TPSA) is 61.3 Å². The molecular weight excluding hydrogens is 358 g/mol. The molecule has 0 fully saturated rings. The normalized spacial score (nSPS) is 10.5. The van der Waals surface area contributed by atoms with E-state index < -0.39 is 5.82 Å². The number of rotatable bonds is 2. The van der Waals surface area contributed by atoms with Crippen molar-refractivity contribution in [2.75, 3.05) is 11.5 Å². The number of hydrogen-bond donors (Lipinski definition) is 2. The van der Waals surface area contributed by atoms with Gasteiger partial charge in [0.15, 0.2) is 11.6 Å². The van der Waals surface area contributed by atoms with E-state index in [2.05, 4.69) is 15.9 Å². The van der Waals surface area contributed by atoms with Gasteiger partial charge in [-0.3, -0.25) is 0 Å². The van der Waals surface area contributed by atoms with Crippen LogP contribution in [-0.2, 0) is 0 Å². The van der Waals surface area contributed by atoms with Crippen molar-refractivity contribution in [2.45, 2.75) is 0 Å². The third-order valence-corrected chi connectivity index (χ3v) is 3.51. The zero-order valence-electron chi connectivity index (χ0n) is 9.38. The average molecular weight is 366 g/mol. The van der Waals surface area contributed by atoms with Crippen LogP contribution in [0.1, 0.15) is 0 Å². The third kappa shape index (κ3) is 2.88. The smallest absolute Gasteiger partial charge is 0.188 e. The molecular formula is C12H8BrCl2FN2O. The van der Waals surface area contributed by atoms with Crippen molar-refractivity contribution in [2.24, 2.45) is 0 Å². The van der Waals surface area contributed by atoms with Gasteiger partial charge in [0.2, 0.25) is 0 Å². The zero-order chi connectivity index (χ0) is 14.2. The summed E-state index contributed by atoms with van der Waals surface area (Å²) >= 11 is 14.9. The van der Waals surface area contributed by atoms with Gasteiger partial charge in [0.05, 0.1) is 16.4 Å². The molecule has 2 aromatic rings. The summed E-state index contributed by atoms with van der Waals surface area (Å²) in [6.45, 7) is 0. The minimum atomic E-state index is -0.824. The summed E-state index contributed by atoms with van der Waals surface area (Å²) in [6.07, 6.45) is 0. The molecule has 3 nitrogen and oxygen atoms in total. The van der Waals surface area contributed by atoms with Gasteiger partial charge in [-0.05, 0) is 24.3 Å². The molecule has 0 bridgehead atoms. The molecule has 0 atom stereocenters. The maximum Gasteiger partial charge on any atom is 0.188 e. The fourth-order valence-corrected chi connectivity index (χ4v) is 2.06. The predicted molar refractivity (Wildman–Crippen MR) is 79.5 cm³/mol. The van der Waals surface area contributed by atoms with Gasteiger partial charge >= 0.3 is 0 Å². The van der Waals surface area contributed by atoms with Crippen molar-refractivity contribution in [3.05, 3.63) is 44.6 Å². The van der Waals surface area contributed by atoms with Crippen molar-refractivity contribution < 1.29 is 9.13 Å². The lowest BCUT2D eigenvalue weighted by molar-refractivity contribution is 0.445. The summed E-state index contributed by atoms with van der Waals surface area (Å²) in [5, 5.41) is 0.0743. The van der Waals surface area contributed by atoms with Crippen LogP contribution in [0.4, 0.5) is 15.8 Å². The van der Waals surface area contributed by atoms with E-state index in [0.717, 1.165) is 4.47 Å². The van der Waals surface area contributed by atoms with E-state index in [1.54, 1.807) is 18.2 Å². The SMILES string of the molecule is Nc1cc(N)c(Oc2cc(Br)ccc2Cl)c(F)c1Cl. The van der Waals surface area contributed by atoms with E-state index in [9.17, 15) is 4.39 Å². The fourth-order valence-electron chi connectivity index (χ4n) is 1.42. The van der Waals surface area contributed by atoms with Gasteiger partial charge in [-0.2, -0.15) is 0 Å². The Morgan fingerprint density at radius 3 is 2.47 bits per heavy atom. The summed E-state index contributed by atoms with van der Waals surface area (Å²) in [5.74, 6) is -0.781. The van der Waals surface area contributed by atoms with Crippen LogP contribution in [0.3, 0.4) is 0 Å². The fraction of sp³-hybridized carbons (Fsp3) is 0. The highest BCUT2D eigenvalue weighted by atomic mass is 79.9. The molecule has 0 radical (unpaired) electrons. The van der Waals surface area contributed by atoms with Crippen molar-refractivity contribution in [3.63, 3.8) is 0 Å². The summed E-state index contributed by atoms with van der Waals surface area (Å²) in [6, 6.07) is 6.25. The molecule has 0 aromatic heterocycles. The molecule has 4 N–H and O–H groups in total. The summed E-state index contributed by atoms with van der Waals surface area (Å²) < 4.78 is 20.1. The summed E-state index contributed by atoms with van der Waals surface area (Å²) in [7, 11) is 0. The molecule has 0 saturated heterocycles. The molecule has 0 aliphatic rings. The number of hydrogen-bond acceptors (Lipinski definition) is 3. The van der Waals surface area contributed by atoms with Crippen LogP contribution >= 0.6 is 39.1 Å². The van der Waals surface area contributed by atoms with Crippen molar-refractivity contribution >= 4 is 50.5 Å². The third-order valence-electron chi connectivity index (χ3n) is 2.32. The van der Waals surface area contributed by atoms with Gasteiger partial charge < -0.3 is 16.2 Å². The maximum absolute atomic E-state index is 14.0. The summed E-state index contributed by atoms with van der Waals surface area (Å²) in [5.41, 5.74) is 11.2. The first-order valence-corrected chi connectivity index (χ1v) is 6.61. The molecule has 0 heterocycles. The Bertz CT molecular complexity index is 652. The second kappa shape index (κ2) is 5.45. The Morgan fingerprint density at radius 2 is 1.79 bits per heavy atom. The van der Waals surface area contributed by atoms with E-state index in [-0.39, 0.29) is 27.9 Å². The lowest BCUT2D eigenvalue weighted by Crippen LogP contribution is -2.00. The molecule has 0 aliphatic heterocycles. The van der Waals surface area contributed by atoms with Crippen LogP contribution in [0.5, 0.6) is 11.5 Å². The second-order valence-corrected chi connectivity index (χ2v) is 5.39. The van der Waals surface area contributed by atoms with Gasteiger partial charge in [0.1, 0.15) is 10.8 Å². The number of anilines is 2. The molecule has 2 aromatic carbocycles. The molecule has 2 rings (SSSR count). The van der Waals surface area contributed by atoms with Gasteiger partial charge in [0.25, 0.3) is 0 Å². The van der Waals surface area contributed by atoms with E-state index in [1.807, 2.05) is 0 Å². The number of nitrogens with two attached hydrogens (primary N) is 2. The van der Waals surface area contributed by atoms with Crippen LogP contribution in [0.15, 0.2) is 28.7 Å². The largest absolute Gasteiger partial charge is 0.450 e. The Balaban J connectivity index is 2.49. The van der Waals surface area contributed by atoms with Crippen molar-refractivity contribution in [1.82, 2.24) is 0 Å². The highest BCUT2D eigenvalue weighted by molar-refractivity contribution is 9.10. The molecule has 19 heavy (non-hydrogen) atoms. The number of benzene rings is 2. The highest BCUT2D eigenvalue weighted by Gasteiger charge is 2.17. The standard InChI is InChI=1S/C12H8BrCl2FN2O/c13-5-1-2-6(14)9(3-5)19-12-8(18)4-7(17)10(15)11(12)16/h1-4H,17-18H2. The molecule has 100 valence electrons. The number of nitrogen functional groups attached to an aromatic ring is 2. The van der Waals surface area contributed by atoms with Crippen LogP contribution in [0.25, 0.3) is 0 Å². The lowest BCUT2D eigenvalue weighted by Gasteiger charge is -2.13. The van der Waals surface area contributed by atoms with Gasteiger partial charge in [-0.25, -0.2) is 4.39 Å². The first-order chi connectivity index (χ1) is 8.90. The minimum Gasteiger partial charge on any atom is -0.450 e. The lowest BCUT2D eigenvalue weighted by atomic mass is 10.2. The average Bonchev–Trinajstić information content (AvgIpc) is 2.36. The van der Waals surface area contributed by atoms with Gasteiger partial charge in [0, 0.05) is 4.47 Å². The molecule has 0 unspecified atom stereocenters. The zero-order valence-corrected chi connectivity index (χ0v) is 12.5. The Morgan fingerprint density at radius 1 is 1.11 bits per heavy atom. The minimum absolute atomic E-state index is 0.0374. The number of ether oxygens (including phenoxy) is 1. The maximum atomic E-state index is 14.0. The van der Waals surface area contributed by atoms with Crippen molar-refractivity contribution in [1.29, 1.82) is 0 Å². The molecule has 0 amide bonds. The molecule has 0 spiro atoms. The van der Waals surface area contributed by atoms with Crippen LogP contribution < -0.4 is 16.2 Å². The summed E-state index contributed by atoms with van der Waals surface area (Å²) in [4.78, 5) is 0. The van der Waals surface area contributed by atoms with Crippen LogP contribution in [0, 0.1) is 5.82 Å². The quantitative estimate of drug-likeness (QED) is 0.747. The van der Waals surface area contributed by atoms with Gasteiger partial charge in [-0.1, -0.05) is 39.1 Å². The molecule has 0 aliphatic carbocycles. The molecule has 7 heteroatoms. The van der Waals surface area contributed by atoms with Gasteiger partial charge in [-0.15, -0.1) is 0 Å².